The number of ether oxygens (including phenoxy) is 1. The number of H-pyrrole nitrogens is 1. The van der Waals surface area contributed by atoms with E-state index in [9.17, 15) is 4.79 Å². The molecular formula is C13H21N3O2S. The Morgan fingerprint density at radius 1 is 1.47 bits per heavy atom. The molecule has 0 unspecified atom stereocenters. The Labute approximate surface area is 118 Å². The number of esters is 1. The number of carbonyl (C=O) groups excluding carboxylic acids is 1. The van der Waals surface area contributed by atoms with E-state index in [1.165, 1.54) is 31.7 Å². The van der Waals surface area contributed by atoms with Crippen LogP contribution in [0.4, 0.5) is 0 Å². The summed E-state index contributed by atoms with van der Waals surface area (Å²) in [5.41, 5.74) is 1.52. The lowest BCUT2D eigenvalue weighted by Crippen LogP contribution is -2.37. The maximum absolute atomic E-state index is 11.3. The number of carbonyl (C=O) groups is 1. The molecule has 1 saturated heterocycles. The second-order valence-corrected chi connectivity index (χ2v) is 5.74. The van der Waals surface area contributed by atoms with Crippen LogP contribution in [0.3, 0.4) is 0 Å². The van der Waals surface area contributed by atoms with E-state index in [1.54, 1.807) is 6.07 Å². The first kappa shape index (κ1) is 14.4. The van der Waals surface area contributed by atoms with Gasteiger partial charge in [0.15, 0.2) is 0 Å². The van der Waals surface area contributed by atoms with E-state index in [0.29, 0.717) is 5.69 Å². The number of aromatic amines is 1. The zero-order valence-corrected chi connectivity index (χ0v) is 12.1. The van der Waals surface area contributed by atoms with Crippen molar-refractivity contribution in [2.75, 3.05) is 44.8 Å². The summed E-state index contributed by atoms with van der Waals surface area (Å²) in [6.45, 7) is 5.20. The van der Waals surface area contributed by atoms with E-state index in [2.05, 4.69) is 19.9 Å². The number of nitrogens with one attached hydrogen (secondary N) is 2. The molecule has 1 aromatic heterocycles. The molecule has 0 aromatic carbocycles. The van der Waals surface area contributed by atoms with Gasteiger partial charge in [0.25, 0.3) is 0 Å². The van der Waals surface area contributed by atoms with E-state index in [-0.39, 0.29) is 5.97 Å². The van der Waals surface area contributed by atoms with Crippen LogP contribution < -0.4 is 5.32 Å². The third kappa shape index (κ3) is 4.56. The first-order valence-electron chi connectivity index (χ1n) is 6.56. The van der Waals surface area contributed by atoms with Gasteiger partial charge in [0.1, 0.15) is 5.69 Å². The number of rotatable bonds is 6. The largest absolute Gasteiger partial charge is 0.464 e. The summed E-state index contributed by atoms with van der Waals surface area (Å²) < 4.78 is 4.66. The van der Waals surface area contributed by atoms with E-state index in [0.717, 1.165) is 25.3 Å². The van der Waals surface area contributed by atoms with Crippen LogP contribution in [-0.4, -0.2) is 60.6 Å². The molecule has 5 nitrogen and oxygen atoms in total. The van der Waals surface area contributed by atoms with Crippen LogP contribution in [0.5, 0.6) is 0 Å². The highest BCUT2D eigenvalue weighted by Crippen LogP contribution is 2.08. The van der Waals surface area contributed by atoms with Crippen LogP contribution in [0.25, 0.3) is 0 Å². The molecule has 2 heterocycles. The second kappa shape index (κ2) is 7.57. The highest BCUT2D eigenvalue weighted by atomic mass is 32.2. The first-order valence-corrected chi connectivity index (χ1v) is 7.72. The Morgan fingerprint density at radius 3 is 3.00 bits per heavy atom. The van der Waals surface area contributed by atoms with Gasteiger partial charge in [-0.2, -0.15) is 11.8 Å². The molecule has 0 spiro atoms. The summed E-state index contributed by atoms with van der Waals surface area (Å²) in [5.74, 6) is 2.18. The molecule has 0 amide bonds. The predicted octanol–water partition coefficient (Wildman–Crippen LogP) is 0.940. The summed E-state index contributed by atoms with van der Waals surface area (Å²) in [7, 11) is 1.39. The highest BCUT2D eigenvalue weighted by molar-refractivity contribution is 7.99. The Bertz CT molecular complexity index is 402. The maximum atomic E-state index is 11.3. The average Bonchev–Trinajstić information content (AvgIpc) is 2.93. The van der Waals surface area contributed by atoms with Gasteiger partial charge in [-0.15, -0.1) is 0 Å². The van der Waals surface area contributed by atoms with Gasteiger partial charge in [-0.05, 0) is 12.1 Å². The van der Waals surface area contributed by atoms with Crippen LogP contribution >= 0.6 is 11.8 Å². The first-order chi connectivity index (χ1) is 9.29. The predicted molar refractivity (Wildman–Crippen MR) is 77.6 cm³/mol. The van der Waals surface area contributed by atoms with Gasteiger partial charge >= 0.3 is 5.97 Å². The number of hydrogen-bond donors (Lipinski definition) is 2. The summed E-state index contributed by atoms with van der Waals surface area (Å²) >= 11 is 2.03. The fourth-order valence-corrected chi connectivity index (χ4v) is 3.04. The number of thioether (sulfide) groups is 1. The van der Waals surface area contributed by atoms with Crippen molar-refractivity contribution in [2.24, 2.45) is 0 Å². The van der Waals surface area contributed by atoms with Crippen LogP contribution in [0.2, 0.25) is 0 Å². The minimum atomic E-state index is -0.322. The van der Waals surface area contributed by atoms with Gasteiger partial charge in [-0.25, -0.2) is 4.79 Å². The molecular weight excluding hydrogens is 262 g/mol. The minimum absolute atomic E-state index is 0.322. The van der Waals surface area contributed by atoms with Crippen molar-refractivity contribution in [1.82, 2.24) is 15.2 Å². The second-order valence-electron chi connectivity index (χ2n) is 4.52. The topological polar surface area (TPSA) is 57.4 Å². The van der Waals surface area contributed by atoms with Crippen molar-refractivity contribution in [3.8, 4) is 0 Å². The third-order valence-corrected chi connectivity index (χ3v) is 4.12. The average molecular weight is 283 g/mol. The number of nitrogens with zero attached hydrogens (tertiary/aromatic N) is 1. The van der Waals surface area contributed by atoms with Gasteiger partial charge in [0, 0.05) is 49.9 Å². The molecule has 0 atom stereocenters. The molecule has 106 valence electrons. The van der Waals surface area contributed by atoms with Gasteiger partial charge in [-0.3, -0.25) is 0 Å². The Hall–Kier alpha value is -0.980. The number of methoxy groups -OCH3 is 1. The van der Waals surface area contributed by atoms with Crippen LogP contribution in [0.15, 0.2) is 12.1 Å². The molecule has 2 N–H and O–H groups in total. The summed E-state index contributed by atoms with van der Waals surface area (Å²) in [4.78, 5) is 16.8. The van der Waals surface area contributed by atoms with Gasteiger partial charge in [0.05, 0.1) is 7.11 Å². The molecule has 6 heteroatoms. The molecule has 0 bridgehead atoms. The Kier molecular flexibility index (Phi) is 5.75. The van der Waals surface area contributed by atoms with Crippen molar-refractivity contribution in [3.05, 3.63) is 23.5 Å². The van der Waals surface area contributed by atoms with Crippen LogP contribution in [-0.2, 0) is 11.3 Å². The lowest BCUT2D eigenvalue weighted by Gasteiger charge is -2.26. The Morgan fingerprint density at radius 2 is 2.26 bits per heavy atom. The summed E-state index contributed by atoms with van der Waals surface area (Å²) in [5, 5.41) is 3.39. The van der Waals surface area contributed by atoms with E-state index in [1.807, 2.05) is 17.8 Å². The van der Waals surface area contributed by atoms with Gasteiger partial charge in [0.2, 0.25) is 0 Å². The molecule has 1 fully saturated rings. The van der Waals surface area contributed by atoms with Crippen molar-refractivity contribution in [1.29, 1.82) is 0 Å². The lowest BCUT2D eigenvalue weighted by molar-refractivity contribution is 0.0594. The van der Waals surface area contributed by atoms with Gasteiger partial charge < -0.3 is 19.9 Å². The third-order valence-electron chi connectivity index (χ3n) is 3.18. The van der Waals surface area contributed by atoms with E-state index < -0.39 is 0 Å². The minimum Gasteiger partial charge on any atom is -0.464 e. The van der Waals surface area contributed by atoms with E-state index in [4.69, 9.17) is 0 Å². The van der Waals surface area contributed by atoms with Gasteiger partial charge in [-0.1, -0.05) is 0 Å². The summed E-state index contributed by atoms with van der Waals surface area (Å²) in [6.07, 6.45) is 0. The molecule has 1 aliphatic heterocycles. The molecule has 1 aliphatic rings. The molecule has 0 radical (unpaired) electrons. The molecule has 2 rings (SSSR count). The van der Waals surface area contributed by atoms with Crippen LogP contribution in [0, 0.1) is 0 Å². The zero-order valence-electron chi connectivity index (χ0n) is 11.3. The fraction of sp³-hybridized carbons (Fsp3) is 0.615. The monoisotopic (exact) mass is 283 g/mol. The van der Waals surface area contributed by atoms with E-state index >= 15 is 0 Å². The van der Waals surface area contributed by atoms with Crippen molar-refractivity contribution < 1.29 is 9.53 Å². The van der Waals surface area contributed by atoms with Crippen molar-refractivity contribution in [3.63, 3.8) is 0 Å². The van der Waals surface area contributed by atoms with Crippen molar-refractivity contribution in [2.45, 2.75) is 6.54 Å². The van der Waals surface area contributed by atoms with Crippen LogP contribution in [0.1, 0.15) is 16.2 Å². The SMILES string of the molecule is COC(=O)c1ccc(CNCCN2CCSCC2)[nH]1. The normalized spacial score (nSPS) is 16.5. The zero-order chi connectivity index (χ0) is 13.5. The smallest absolute Gasteiger partial charge is 0.354 e. The molecule has 1 aromatic rings. The lowest BCUT2D eigenvalue weighted by atomic mass is 10.4. The number of aromatic nitrogens is 1. The van der Waals surface area contributed by atoms with Crippen molar-refractivity contribution >= 4 is 17.7 Å². The maximum Gasteiger partial charge on any atom is 0.354 e. The quantitative estimate of drug-likeness (QED) is 0.601. The number of hydrogen-bond acceptors (Lipinski definition) is 5. The molecule has 0 saturated carbocycles. The summed E-state index contributed by atoms with van der Waals surface area (Å²) in [6, 6.07) is 3.67. The highest BCUT2D eigenvalue weighted by Gasteiger charge is 2.10. The standard InChI is InChI=1S/C13H21N3O2S/c1-18-13(17)12-3-2-11(15-12)10-14-4-5-16-6-8-19-9-7-16/h2-3,14-15H,4-10H2,1H3. The fourth-order valence-electron chi connectivity index (χ4n) is 2.06. The molecule has 0 aliphatic carbocycles. The molecule has 19 heavy (non-hydrogen) atoms. The Balaban J connectivity index is 1.65.